The van der Waals surface area contributed by atoms with Crippen molar-refractivity contribution in [1.82, 2.24) is 9.78 Å². The molecule has 3 heteroatoms. The number of hydrogen-bond donors (Lipinski definition) is 1. The largest absolute Gasteiger partial charge is 0.384 e. The fraction of sp³-hybridized carbons (Fsp3) is 0.769. The number of nitrogens with zero attached hydrogens (tertiary/aromatic N) is 2. The van der Waals surface area contributed by atoms with Gasteiger partial charge in [-0.2, -0.15) is 5.10 Å². The van der Waals surface area contributed by atoms with E-state index in [1.165, 1.54) is 30.5 Å². The zero-order chi connectivity index (χ0) is 11.8. The van der Waals surface area contributed by atoms with Crippen molar-refractivity contribution in [3.05, 3.63) is 11.3 Å². The van der Waals surface area contributed by atoms with Crippen LogP contribution < -0.4 is 5.73 Å². The third-order valence-electron chi connectivity index (χ3n) is 3.68. The minimum Gasteiger partial charge on any atom is -0.384 e. The molecule has 90 valence electrons. The maximum Gasteiger partial charge on any atom is 0.125 e. The fourth-order valence-electron chi connectivity index (χ4n) is 2.74. The van der Waals surface area contributed by atoms with Crippen molar-refractivity contribution < 1.29 is 0 Å². The standard InChI is InChI=1S/C13H23N3/c1-4-5-9-16-12(14)11-10(15-16)7-6-8-13(11,2)3/h4-9,14H2,1-3H3. The van der Waals surface area contributed by atoms with Crippen LogP contribution in [0.25, 0.3) is 0 Å². The lowest BCUT2D eigenvalue weighted by molar-refractivity contribution is 0.431. The molecule has 0 fully saturated rings. The van der Waals surface area contributed by atoms with E-state index in [0.29, 0.717) is 0 Å². The van der Waals surface area contributed by atoms with Crippen molar-refractivity contribution >= 4 is 5.82 Å². The van der Waals surface area contributed by atoms with Crippen LogP contribution in [0.3, 0.4) is 0 Å². The molecule has 1 aromatic rings. The second-order valence-corrected chi connectivity index (χ2v) is 5.52. The Bertz CT molecular complexity index is 377. The number of unbranched alkanes of at least 4 members (excludes halogenated alkanes) is 1. The van der Waals surface area contributed by atoms with E-state index in [2.05, 4.69) is 25.9 Å². The van der Waals surface area contributed by atoms with Gasteiger partial charge in [0.2, 0.25) is 0 Å². The van der Waals surface area contributed by atoms with Crippen molar-refractivity contribution in [3.8, 4) is 0 Å². The molecule has 0 unspecified atom stereocenters. The van der Waals surface area contributed by atoms with Crippen LogP contribution in [0.4, 0.5) is 5.82 Å². The lowest BCUT2D eigenvalue weighted by Gasteiger charge is -2.29. The number of nitrogen functional groups attached to an aromatic ring is 1. The summed E-state index contributed by atoms with van der Waals surface area (Å²) in [5, 5.41) is 4.68. The molecule has 0 amide bonds. The predicted molar refractivity (Wildman–Crippen MR) is 67.5 cm³/mol. The van der Waals surface area contributed by atoms with Gasteiger partial charge in [-0.05, 0) is 31.1 Å². The molecule has 0 radical (unpaired) electrons. The van der Waals surface area contributed by atoms with Gasteiger partial charge in [-0.25, -0.2) is 4.68 Å². The van der Waals surface area contributed by atoms with Crippen LogP contribution in [-0.2, 0) is 18.4 Å². The summed E-state index contributed by atoms with van der Waals surface area (Å²) >= 11 is 0. The fourth-order valence-corrected chi connectivity index (χ4v) is 2.74. The summed E-state index contributed by atoms with van der Waals surface area (Å²) in [5.74, 6) is 0.910. The van der Waals surface area contributed by atoms with Gasteiger partial charge in [0.05, 0.1) is 5.69 Å². The summed E-state index contributed by atoms with van der Waals surface area (Å²) < 4.78 is 2.02. The topological polar surface area (TPSA) is 43.8 Å². The minimum absolute atomic E-state index is 0.210. The Morgan fingerprint density at radius 2 is 2.19 bits per heavy atom. The Labute approximate surface area is 98.0 Å². The Kier molecular flexibility index (Phi) is 2.96. The van der Waals surface area contributed by atoms with E-state index < -0.39 is 0 Å². The average molecular weight is 221 g/mol. The second-order valence-electron chi connectivity index (χ2n) is 5.52. The van der Waals surface area contributed by atoms with Gasteiger partial charge < -0.3 is 5.73 Å². The van der Waals surface area contributed by atoms with E-state index in [0.717, 1.165) is 25.2 Å². The molecule has 0 saturated carbocycles. The highest BCUT2D eigenvalue weighted by molar-refractivity contribution is 5.49. The number of aryl methyl sites for hydroxylation is 2. The third kappa shape index (κ3) is 1.83. The summed E-state index contributed by atoms with van der Waals surface area (Å²) in [6.45, 7) is 7.73. The summed E-state index contributed by atoms with van der Waals surface area (Å²) in [7, 11) is 0. The summed E-state index contributed by atoms with van der Waals surface area (Å²) in [5.41, 5.74) is 9.01. The summed E-state index contributed by atoms with van der Waals surface area (Å²) in [6.07, 6.45) is 5.91. The number of rotatable bonds is 3. The highest BCUT2D eigenvalue weighted by atomic mass is 15.3. The van der Waals surface area contributed by atoms with E-state index in [1.807, 2.05) is 4.68 Å². The predicted octanol–water partition coefficient (Wildman–Crippen LogP) is 2.88. The summed E-state index contributed by atoms with van der Waals surface area (Å²) in [6, 6.07) is 0. The van der Waals surface area contributed by atoms with Crippen molar-refractivity contribution in [1.29, 1.82) is 0 Å². The van der Waals surface area contributed by atoms with Crippen LogP contribution in [0.1, 0.15) is 57.7 Å². The first-order chi connectivity index (χ1) is 7.56. The van der Waals surface area contributed by atoms with Gasteiger partial charge in [0.15, 0.2) is 0 Å². The highest BCUT2D eigenvalue weighted by Gasteiger charge is 2.33. The van der Waals surface area contributed by atoms with Gasteiger partial charge in [0, 0.05) is 12.1 Å². The van der Waals surface area contributed by atoms with Crippen molar-refractivity contribution in [2.24, 2.45) is 0 Å². The van der Waals surface area contributed by atoms with Crippen molar-refractivity contribution in [3.63, 3.8) is 0 Å². The molecule has 2 N–H and O–H groups in total. The van der Waals surface area contributed by atoms with Gasteiger partial charge in [-0.3, -0.25) is 0 Å². The molecule has 0 saturated heterocycles. The van der Waals surface area contributed by atoms with Gasteiger partial charge in [-0.1, -0.05) is 27.2 Å². The molecule has 1 aromatic heterocycles. The van der Waals surface area contributed by atoms with Gasteiger partial charge in [0.1, 0.15) is 5.82 Å². The first kappa shape index (κ1) is 11.5. The maximum atomic E-state index is 6.24. The maximum absolute atomic E-state index is 6.24. The van der Waals surface area contributed by atoms with E-state index in [-0.39, 0.29) is 5.41 Å². The SMILES string of the molecule is CCCCn1nc2c(c1N)C(C)(C)CCC2. The zero-order valence-corrected chi connectivity index (χ0v) is 10.7. The zero-order valence-electron chi connectivity index (χ0n) is 10.7. The number of anilines is 1. The van der Waals surface area contributed by atoms with Crippen LogP contribution in [0, 0.1) is 0 Å². The van der Waals surface area contributed by atoms with E-state index in [9.17, 15) is 0 Å². The molecule has 1 aliphatic carbocycles. The highest BCUT2D eigenvalue weighted by Crippen LogP contribution is 2.39. The Hall–Kier alpha value is -0.990. The second kappa shape index (κ2) is 4.11. The molecule has 0 atom stereocenters. The molecule has 1 heterocycles. The van der Waals surface area contributed by atoms with Crippen molar-refractivity contribution in [2.75, 3.05) is 5.73 Å². The van der Waals surface area contributed by atoms with Crippen LogP contribution in [0.15, 0.2) is 0 Å². The van der Waals surface area contributed by atoms with Gasteiger partial charge in [-0.15, -0.1) is 0 Å². The number of nitrogens with two attached hydrogens (primary N) is 1. The van der Waals surface area contributed by atoms with Gasteiger partial charge in [0.25, 0.3) is 0 Å². The Balaban J connectivity index is 2.35. The van der Waals surface area contributed by atoms with E-state index in [4.69, 9.17) is 5.73 Å². The molecule has 0 spiro atoms. The molecule has 0 aliphatic heterocycles. The normalized spacial score (nSPS) is 18.4. The lowest BCUT2D eigenvalue weighted by atomic mass is 9.75. The quantitative estimate of drug-likeness (QED) is 0.853. The third-order valence-corrected chi connectivity index (χ3v) is 3.68. The average Bonchev–Trinajstić information content (AvgIpc) is 2.53. The molecular formula is C13H23N3. The van der Waals surface area contributed by atoms with Crippen molar-refractivity contribution in [2.45, 2.75) is 64.8 Å². The molecule has 16 heavy (non-hydrogen) atoms. The molecule has 1 aliphatic rings. The summed E-state index contributed by atoms with van der Waals surface area (Å²) in [4.78, 5) is 0. The van der Waals surface area contributed by atoms with Crippen LogP contribution in [0.5, 0.6) is 0 Å². The molecule has 3 nitrogen and oxygen atoms in total. The van der Waals surface area contributed by atoms with Crippen LogP contribution in [-0.4, -0.2) is 9.78 Å². The first-order valence-electron chi connectivity index (χ1n) is 6.42. The number of fused-ring (bicyclic) bond motifs is 1. The van der Waals surface area contributed by atoms with E-state index in [1.54, 1.807) is 0 Å². The van der Waals surface area contributed by atoms with Crippen LogP contribution in [0.2, 0.25) is 0 Å². The minimum atomic E-state index is 0.210. The smallest absolute Gasteiger partial charge is 0.125 e. The van der Waals surface area contributed by atoms with Crippen LogP contribution >= 0.6 is 0 Å². The monoisotopic (exact) mass is 221 g/mol. The molecule has 0 aromatic carbocycles. The molecular weight excluding hydrogens is 198 g/mol. The van der Waals surface area contributed by atoms with Gasteiger partial charge >= 0.3 is 0 Å². The molecule has 0 bridgehead atoms. The number of hydrogen-bond acceptors (Lipinski definition) is 2. The molecule has 2 rings (SSSR count). The lowest BCUT2D eigenvalue weighted by Crippen LogP contribution is -2.24. The Morgan fingerprint density at radius 3 is 2.81 bits per heavy atom. The van der Waals surface area contributed by atoms with E-state index >= 15 is 0 Å². The Morgan fingerprint density at radius 1 is 1.44 bits per heavy atom. The first-order valence-corrected chi connectivity index (χ1v) is 6.42. The number of aromatic nitrogens is 2.